The summed E-state index contributed by atoms with van der Waals surface area (Å²) in [6.45, 7) is 0. The molecule has 0 amide bonds. The van der Waals surface area contributed by atoms with E-state index in [1.807, 2.05) is 30.3 Å². The van der Waals surface area contributed by atoms with Gasteiger partial charge < -0.3 is 10.5 Å². The van der Waals surface area contributed by atoms with Crippen LogP contribution in [0.3, 0.4) is 0 Å². The summed E-state index contributed by atoms with van der Waals surface area (Å²) < 4.78 is 5.24. The number of benzene rings is 2. The van der Waals surface area contributed by atoms with E-state index < -0.39 is 17.2 Å². The molecular weight excluding hydrogens is 350 g/mol. The maximum atomic E-state index is 12.0. The smallest absolute Gasteiger partial charge is 0.240 e. The zero-order chi connectivity index (χ0) is 18.7. The number of nitriles is 1. The van der Waals surface area contributed by atoms with E-state index in [-0.39, 0.29) is 10.5 Å². The van der Waals surface area contributed by atoms with Gasteiger partial charge in [0.05, 0.1) is 29.7 Å². The minimum Gasteiger partial charge on any atom is -0.497 e. The molecule has 2 aromatic rings. The van der Waals surface area contributed by atoms with Gasteiger partial charge in [0.25, 0.3) is 0 Å². The van der Waals surface area contributed by atoms with E-state index in [4.69, 9.17) is 10.5 Å². The number of nitrogens with zero attached hydrogens (tertiary/aromatic N) is 2. The van der Waals surface area contributed by atoms with Crippen LogP contribution in [0.4, 0.5) is 0 Å². The Hall–Kier alpha value is -2.98. The number of hydrogen-bond donors (Lipinski definition) is 1. The Balaban J connectivity index is 2.18. The van der Waals surface area contributed by atoms with Crippen molar-refractivity contribution < 1.29 is 9.66 Å². The van der Waals surface area contributed by atoms with E-state index in [0.29, 0.717) is 16.3 Å². The third-order valence-corrected chi connectivity index (χ3v) is 5.71. The molecule has 3 atom stereocenters. The number of ether oxygens (including phenoxy) is 1. The molecular formula is C19H17N3O3S. The highest BCUT2D eigenvalue weighted by molar-refractivity contribution is 8.03. The summed E-state index contributed by atoms with van der Waals surface area (Å²) in [5, 5.41) is 21.5. The lowest BCUT2D eigenvalue weighted by molar-refractivity contribution is -0.525. The predicted molar refractivity (Wildman–Crippen MR) is 100 cm³/mol. The average molecular weight is 367 g/mol. The number of nitrogens with two attached hydrogens (primary N) is 1. The lowest BCUT2D eigenvalue weighted by Gasteiger charge is -2.32. The summed E-state index contributed by atoms with van der Waals surface area (Å²) in [4.78, 5) is 11.7. The third-order valence-electron chi connectivity index (χ3n) is 4.43. The molecule has 0 saturated carbocycles. The lowest BCUT2D eigenvalue weighted by Crippen LogP contribution is -2.37. The molecule has 2 N–H and O–H groups in total. The van der Waals surface area contributed by atoms with Crippen LogP contribution in [-0.4, -0.2) is 18.1 Å². The number of methoxy groups -OCH3 is 1. The normalized spacial score (nSPS) is 22.5. The van der Waals surface area contributed by atoms with Crippen LogP contribution in [0.1, 0.15) is 22.3 Å². The fourth-order valence-electron chi connectivity index (χ4n) is 3.23. The van der Waals surface area contributed by atoms with Gasteiger partial charge in [-0.05, 0) is 23.3 Å². The second-order valence-electron chi connectivity index (χ2n) is 5.87. The summed E-state index contributed by atoms with van der Waals surface area (Å²) in [5.74, 6) is -0.161. The summed E-state index contributed by atoms with van der Waals surface area (Å²) in [6.07, 6.45) is 0. The Bertz CT molecular complexity index is 892. The molecule has 0 spiro atoms. The van der Waals surface area contributed by atoms with Gasteiger partial charge in [0.15, 0.2) is 0 Å². The molecule has 1 aliphatic heterocycles. The molecule has 6 nitrogen and oxygen atoms in total. The van der Waals surface area contributed by atoms with Crippen molar-refractivity contribution in [1.29, 1.82) is 5.26 Å². The molecule has 0 aliphatic carbocycles. The van der Waals surface area contributed by atoms with Gasteiger partial charge in [-0.2, -0.15) is 5.26 Å². The van der Waals surface area contributed by atoms with Crippen molar-refractivity contribution in [2.24, 2.45) is 5.73 Å². The summed E-state index contributed by atoms with van der Waals surface area (Å²) in [6, 6.07) is 17.3. The fraction of sp³-hybridized carbons (Fsp3) is 0.211. The molecule has 0 aromatic heterocycles. The quantitative estimate of drug-likeness (QED) is 0.654. The molecule has 0 unspecified atom stereocenters. The van der Waals surface area contributed by atoms with E-state index >= 15 is 0 Å². The van der Waals surface area contributed by atoms with Crippen LogP contribution in [0, 0.1) is 21.4 Å². The Labute approximate surface area is 155 Å². The van der Waals surface area contributed by atoms with Crippen molar-refractivity contribution in [3.05, 3.63) is 86.4 Å². The van der Waals surface area contributed by atoms with Gasteiger partial charge >= 0.3 is 0 Å². The maximum Gasteiger partial charge on any atom is 0.240 e. The van der Waals surface area contributed by atoms with E-state index in [2.05, 4.69) is 6.07 Å². The van der Waals surface area contributed by atoms with Crippen LogP contribution in [0.2, 0.25) is 0 Å². The van der Waals surface area contributed by atoms with E-state index in [9.17, 15) is 15.4 Å². The third kappa shape index (κ3) is 3.24. The largest absolute Gasteiger partial charge is 0.497 e. The topological polar surface area (TPSA) is 102 Å². The van der Waals surface area contributed by atoms with Crippen LogP contribution in [-0.2, 0) is 0 Å². The number of rotatable bonds is 4. The molecule has 7 heteroatoms. The Morgan fingerprint density at radius 2 is 1.88 bits per heavy atom. The Morgan fingerprint density at radius 3 is 2.50 bits per heavy atom. The Morgan fingerprint density at radius 1 is 1.19 bits per heavy atom. The second kappa shape index (κ2) is 7.50. The average Bonchev–Trinajstić information content (AvgIpc) is 2.67. The van der Waals surface area contributed by atoms with Gasteiger partial charge in [0, 0.05) is 4.92 Å². The maximum absolute atomic E-state index is 12.0. The molecule has 132 valence electrons. The first-order valence-corrected chi connectivity index (χ1v) is 8.83. The molecule has 0 saturated heterocycles. The Kier molecular flexibility index (Phi) is 5.14. The highest BCUT2D eigenvalue weighted by atomic mass is 32.2. The van der Waals surface area contributed by atoms with Crippen LogP contribution >= 0.6 is 11.8 Å². The zero-order valence-electron chi connectivity index (χ0n) is 14.0. The molecule has 0 radical (unpaired) electrons. The molecule has 2 aromatic carbocycles. The zero-order valence-corrected chi connectivity index (χ0v) is 14.8. The summed E-state index contributed by atoms with van der Waals surface area (Å²) in [7, 11) is 1.53. The molecule has 0 bridgehead atoms. The van der Waals surface area contributed by atoms with Crippen molar-refractivity contribution in [3.8, 4) is 11.8 Å². The minimum absolute atomic E-state index is 0.233. The standard InChI is InChI=1S/C19H17N3O3S/c1-25-14-9-5-8-13(10-14)16-15(11-20)19(21)26-18(17(16)22(23)24)12-6-3-2-4-7-12/h2-10,16-18H,21H2,1H3/t16-,17+,18-/m0/s1. The van der Waals surface area contributed by atoms with E-state index in [0.717, 1.165) is 5.56 Å². The summed E-state index contributed by atoms with van der Waals surface area (Å²) in [5.41, 5.74) is 7.83. The monoisotopic (exact) mass is 367 g/mol. The van der Waals surface area contributed by atoms with Crippen molar-refractivity contribution in [3.63, 3.8) is 0 Å². The van der Waals surface area contributed by atoms with Gasteiger partial charge in [-0.25, -0.2) is 0 Å². The molecule has 1 aliphatic rings. The highest BCUT2D eigenvalue weighted by Gasteiger charge is 2.48. The van der Waals surface area contributed by atoms with Crippen molar-refractivity contribution in [2.75, 3.05) is 7.11 Å². The van der Waals surface area contributed by atoms with Crippen LogP contribution < -0.4 is 10.5 Å². The number of hydrogen-bond acceptors (Lipinski definition) is 6. The van der Waals surface area contributed by atoms with E-state index in [1.54, 1.807) is 24.3 Å². The van der Waals surface area contributed by atoms with Crippen LogP contribution in [0.5, 0.6) is 5.75 Å². The van der Waals surface area contributed by atoms with Gasteiger partial charge in [0.2, 0.25) is 6.04 Å². The van der Waals surface area contributed by atoms with Gasteiger partial charge in [-0.1, -0.05) is 54.2 Å². The van der Waals surface area contributed by atoms with Crippen molar-refractivity contribution >= 4 is 11.8 Å². The van der Waals surface area contributed by atoms with Gasteiger partial charge in [0.1, 0.15) is 11.0 Å². The first kappa shape index (κ1) is 17.8. The van der Waals surface area contributed by atoms with Gasteiger partial charge in [-0.15, -0.1) is 0 Å². The summed E-state index contributed by atoms with van der Waals surface area (Å²) >= 11 is 1.18. The molecule has 3 rings (SSSR count). The predicted octanol–water partition coefficient (Wildman–Crippen LogP) is 3.61. The highest BCUT2D eigenvalue weighted by Crippen LogP contribution is 2.50. The minimum atomic E-state index is -1.02. The first-order chi connectivity index (χ1) is 12.6. The van der Waals surface area contributed by atoms with Crippen molar-refractivity contribution in [1.82, 2.24) is 0 Å². The molecule has 26 heavy (non-hydrogen) atoms. The van der Waals surface area contributed by atoms with Crippen LogP contribution in [0.15, 0.2) is 65.2 Å². The van der Waals surface area contributed by atoms with E-state index in [1.165, 1.54) is 18.9 Å². The first-order valence-electron chi connectivity index (χ1n) is 7.95. The molecule has 1 heterocycles. The molecule has 0 fully saturated rings. The lowest BCUT2D eigenvalue weighted by atomic mass is 9.82. The fourth-order valence-corrected chi connectivity index (χ4v) is 4.49. The number of nitro groups is 1. The van der Waals surface area contributed by atoms with Gasteiger partial charge in [-0.3, -0.25) is 10.1 Å². The van der Waals surface area contributed by atoms with Crippen molar-refractivity contribution in [2.45, 2.75) is 17.2 Å². The second-order valence-corrected chi connectivity index (χ2v) is 7.05. The number of thioether (sulfide) groups is 1. The van der Waals surface area contributed by atoms with Crippen LogP contribution in [0.25, 0.3) is 0 Å². The SMILES string of the molecule is COc1cccc([C@H]2C(C#N)=C(N)S[C@@H](c3ccccc3)[C@@H]2[N+](=O)[O-])c1.